The largest absolute Gasteiger partial charge is 0.452 e. The zero-order valence-corrected chi connectivity index (χ0v) is 18.2. The first-order valence-corrected chi connectivity index (χ1v) is 12.0. The van der Waals surface area contributed by atoms with Crippen LogP contribution in [-0.2, 0) is 25.3 Å². The lowest BCUT2D eigenvalue weighted by atomic mass is 10.2. The molecule has 1 aromatic heterocycles. The van der Waals surface area contributed by atoms with Crippen LogP contribution in [0.1, 0.15) is 22.1 Å². The number of rotatable bonds is 7. The monoisotopic (exact) mass is 454 g/mol. The average Bonchev–Trinajstić information content (AvgIpc) is 3.15. The highest BCUT2D eigenvalue weighted by Crippen LogP contribution is 2.26. The van der Waals surface area contributed by atoms with E-state index in [4.69, 9.17) is 9.26 Å². The standard InChI is InChI=1S/C18H22N4O6S2/c1-13-19-16(28-20-13)12-29-15-6-4-3-5-14(15)18(24)27-11-17(23)21-7-9-22(10-8-21)30(2,25)26/h3-6H,7-12H2,1-2H3. The molecule has 0 bridgehead atoms. The first-order valence-electron chi connectivity index (χ1n) is 9.15. The van der Waals surface area contributed by atoms with E-state index in [-0.39, 0.29) is 32.1 Å². The molecule has 0 aliphatic carbocycles. The fraction of sp³-hybridized carbons (Fsp3) is 0.444. The van der Waals surface area contributed by atoms with E-state index < -0.39 is 22.6 Å². The van der Waals surface area contributed by atoms with Crippen LogP contribution in [-0.4, -0.2) is 78.7 Å². The third-order valence-corrected chi connectivity index (χ3v) is 6.78. The van der Waals surface area contributed by atoms with Crippen LogP contribution in [0.4, 0.5) is 0 Å². The van der Waals surface area contributed by atoms with Crippen LogP contribution in [0.2, 0.25) is 0 Å². The molecule has 2 aromatic rings. The van der Waals surface area contributed by atoms with Crippen molar-refractivity contribution in [3.63, 3.8) is 0 Å². The minimum absolute atomic E-state index is 0.229. The van der Waals surface area contributed by atoms with E-state index in [2.05, 4.69) is 10.1 Å². The summed E-state index contributed by atoms with van der Waals surface area (Å²) in [6.45, 7) is 2.31. The third kappa shape index (κ3) is 5.80. The molecule has 1 saturated heterocycles. The van der Waals surface area contributed by atoms with Crippen LogP contribution in [0.3, 0.4) is 0 Å². The van der Waals surface area contributed by atoms with Gasteiger partial charge >= 0.3 is 5.97 Å². The number of hydrogen-bond acceptors (Lipinski definition) is 9. The molecule has 2 heterocycles. The zero-order chi connectivity index (χ0) is 21.7. The van der Waals surface area contributed by atoms with Crippen molar-refractivity contribution in [2.45, 2.75) is 17.6 Å². The van der Waals surface area contributed by atoms with Gasteiger partial charge in [-0.3, -0.25) is 4.79 Å². The molecule has 1 fully saturated rings. The van der Waals surface area contributed by atoms with Gasteiger partial charge in [-0.05, 0) is 19.1 Å². The number of benzene rings is 1. The van der Waals surface area contributed by atoms with Gasteiger partial charge in [0.15, 0.2) is 12.4 Å². The van der Waals surface area contributed by atoms with Crippen molar-refractivity contribution in [3.05, 3.63) is 41.5 Å². The highest BCUT2D eigenvalue weighted by Gasteiger charge is 2.26. The highest BCUT2D eigenvalue weighted by atomic mass is 32.2. The van der Waals surface area contributed by atoms with Crippen LogP contribution in [0, 0.1) is 6.92 Å². The Labute approximate surface area is 178 Å². The summed E-state index contributed by atoms with van der Waals surface area (Å²) < 4.78 is 34.7. The number of nitrogens with zero attached hydrogens (tertiary/aromatic N) is 4. The maximum absolute atomic E-state index is 12.5. The summed E-state index contributed by atoms with van der Waals surface area (Å²) in [4.78, 5) is 31.1. The van der Waals surface area contributed by atoms with E-state index in [1.807, 2.05) is 0 Å². The molecular weight excluding hydrogens is 432 g/mol. The van der Waals surface area contributed by atoms with E-state index >= 15 is 0 Å². The van der Waals surface area contributed by atoms with E-state index in [0.29, 0.717) is 27.9 Å². The average molecular weight is 455 g/mol. The van der Waals surface area contributed by atoms with Crippen LogP contribution in [0.5, 0.6) is 0 Å². The maximum Gasteiger partial charge on any atom is 0.339 e. The summed E-state index contributed by atoms with van der Waals surface area (Å²) in [6.07, 6.45) is 1.14. The summed E-state index contributed by atoms with van der Waals surface area (Å²) >= 11 is 1.35. The number of carbonyl (C=O) groups excluding carboxylic acids is 2. The predicted molar refractivity (Wildman–Crippen MR) is 108 cm³/mol. The molecule has 0 atom stereocenters. The van der Waals surface area contributed by atoms with Gasteiger partial charge in [-0.1, -0.05) is 17.3 Å². The Morgan fingerprint density at radius 3 is 2.53 bits per heavy atom. The van der Waals surface area contributed by atoms with E-state index in [1.165, 1.54) is 21.0 Å². The quantitative estimate of drug-likeness (QED) is 0.444. The van der Waals surface area contributed by atoms with Gasteiger partial charge in [0, 0.05) is 31.1 Å². The second kappa shape index (κ2) is 9.58. The van der Waals surface area contributed by atoms with Gasteiger partial charge in [-0.2, -0.15) is 9.29 Å². The lowest BCUT2D eigenvalue weighted by molar-refractivity contribution is -0.135. The number of piperazine rings is 1. The number of sulfonamides is 1. The second-order valence-corrected chi connectivity index (χ2v) is 9.64. The molecule has 0 unspecified atom stereocenters. The van der Waals surface area contributed by atoms with Crippen molar-refractivity contribution in [1.29, 1.82) is 0 Å². The van der Waals surface area contributed by atoms with Gasteiger partial charge in [0.25, 0.3) is 5.91 Å². The Balaban J connectivity index is 1.53. The molecule has 1 amide bonds. The number of aromatic nitrogens is 2. The van der Waals surface area contributed by atoms with E-state index in [9.17, 15) is 18.0 Å². The molecule has 3 rings (SSSR count). The summed E-state index contributed by atoms with van der Waals surface area (Å²) in [5.74, 6) is 0.415. The second-order valence-electron chi connectivity index (χ2n) is 6.64. The molecule has 10 nitrogen and oxygen atoms in total. The summed E-state index contributed by atoms with van der Waals surface area (Å²) in [7, 11) is -3.27. The first kappa shape index (κ1) is 22.2. The Morgan fingerprint density at radius 1 is 1.20 bits per heavy atom. The number of aryl methyl sites for hydroxylation is 1. The first-order chi connectivity index (χ1) is 14.2. The molecule has 0 saturated carbocycles. The topological polar surface area (TPSA) is 123 Å². The minimum atomic E-state index is -3.27. The van der Waals surface area contributed by atoms with Crippen LogP contribution in [0.25, 0.3) is 0 Å². The maximum atomic E-state index is 12.5. The van der Waals surface area contributed by atoms with Crippen molar-refractivity contribution in [2.75, 3.05) is 39.0 Å². The van der Waals surface area contributed by atoms with Crippen LogP contribution >= 0.6 is 11.8 Å². The van der Waals surface area contributed by atoms with Crippen molar-refractivity contribution >= 4 is 33.7 Å². The van der Waals surface area contributed by atoms with E-state index in [0.717, 1.165) is 6.26 Å². The normalized spacial score (nSPS) is 15.2. The summed E-state index contributed by atoms with van der Waals surface area (Å²) in [5, 5.41) is 3.73. The third-order valence-electron chi connectivity index (χ3n) is 4.41. The molecule has 30 heavy (non-hydrogen) atoms. The van der Waals surface area contributed by atoms with Crippen molar-refractivity contribution in [1.82, 2.24) is 19.3 Å². The number of thioether (sulfide) groups is 1. The fourth-order valence-corrected chi connectivity index (χ4v) is 4.57. The van der Waals surface area contributed by atoms with Crippen molar-refractivity contribution in [3.8, 4) is 0 Å². The molecule has 12 heteroatoms. The molecule has 0 N–H and O–H groups in total. The Kier molecular flexibility index (Phi) is 7.10. The molecule has 0 radical (unpaired) electrons. The zero-order valence-electron chi connectivity index (χ0n) is 16.6. The van der Waals surface area contributed by atoms with Gasteiger partial charge < -0.3 is 14.2 Å². The number of ether oxygens (including phenoxy) is 1. The van der Waals surface area contributed by atoms with Crippen LogP contribution in [0.15, 0.2) is 33.7 Å². The molecule has 0 spiro atoms. The van der Waals surface area contributed by atoms with Crippen molar-refractivity contribution < 1.29 is 27.3 Å². The van der Waals surface area contributed by atoms with Gasteiger partial charge in [0.1, 0.15) is 0 Å². The van der Waals surface area contributed by atoms with Gasteiger partial charge in [0.2, 0.25) is 15.9 Å². The lowest BCUT2D eigenvalue weighted by Gasteiger charge is -2.33. The number of esters is 1. The molecule has 1 aromatic carbocycles. The smallest absolute Gasteiger partial charge is 0.339 e. The molecular formula is C18H22N4O6S2. The number of carbonyl (C=O) groups is 2. The Bertz CT molecular complexity index is 1020. The predicted octanol–water partition coefficient (Wildman–Crippen LogP) is 0.931. The number of hydrogen-bond donors (Lipinski definition) is 0. The van der Waals surface area contributed by atoms with E-state index in [1.54, 1.807) is 31.2 Å². The molecule has 1 aliphatic rings. The van der Waals surface area contributed by atoms with Crippen LogP contribution < -0.4 is 0 Å². The van der Waals surface area contributed by atoms with Gasteiger partial charge in [-0.25, -0.2) is 13.2 Å². The molecule has 1 aliphatic heterocycles. The summed E-state index contributed by atoms with van der Waals surface area (Å²) in [5.41, 5.74) is 0.341. The fourth-order valence-electron chi connectivity index (χ4n) is 2.86. The highest BCUT2D eigenvalue weighted by molar-refractivity contribution is 7.98. The SMILES string of the molecule is Cc1noc(CSc2ccccc2C(=O)OCC(=O)N2CCN(S(C)(=O)=O)CC2)n1. The van der Waals surface area contributed by atoms with Gasteiger partial charge in [0.05, 0.1) is 17.6 Å². The van der Waals surface area contributed by atoms with Gasteiger partial charge in [-0.15, -0.1) is 11.8 Å². The Morgan fingerprint density at radius 2 is 1.90 bits per heavy atom. The van der Waals surface area contributed by atoms with Crippen molar-refractivity contribution in [2.24, 2.45) is 0 Å². The number of amides is 1. The lowest BCUT2D eigenvalue weighted by Crippen LogP contribution is -2.51. The molecule has 162 valence electrons. The Hall–Kier alpha value is -2.44. The summed E-state index contributed by atoms with van der Waals surface area (Å²) in [6, 6.07) is 6.91. The minimum Gasteiger partial charge on any atom is -0.452 e.